The Morgan fingerprint density at radius 3 is 2.13 bits per heavy atom. The smallest absolute Gasteiger partial charge is 0.323 e. The molecule has 0 spiro atoms. The summed E-state index contributed by atoms with van der Waals surface area (Å²) in [5.74, 6) is -0.918. The van der Waals surface area contributed by atoms with E-state index >= 15 is 0 Å². The molecule has 0 saturated carbocycles. The van der Waals surface area contributed by atoms with Crippen LogP contribution in [0.2, 0.25) is 0 Å². The fourth-order valence-electron chi connectivity index (χ4n) is 1.34. The molecule has 1 aromatic rings. The van der Waals surface area contributed by atoms with Crippen LogP contribution in [-0.4, -0.2) is 15.8 Å². The monoisotopic (exact) mass is 229 g/mol. The highest BCUT2D eigenvalue weighted by Crippen LogP contribution is 2.49. The molecule has 0 radical (unpaired) electrons. The number of benzene rings is 1. The van der Waals surface area contributed by atoms with Crippen molar-refractivity contribution in [2.45, 2.75) is 25.7 Å². The molecule has 3 N–H and O–H groups in total. The average molecular weight is 229 g/mol. The molecule has 1 aromatic carbocycles. The second-order valence-electron chi connectivity index (χ2n) is 3.72. The predicted octanol–water partition coefficient (Wildman–Crippen LogP) is 1.86. The van der Waals surface area contributed by atoms with Gasteiger partial charge in [-0.1, -0.05) is 30.3 Å². The summed E-state index contributed by atoms with van der Waals surface area (Å²) in [5.41, 5.74) is 0.611. The first-order valence-corrected chi connectivity index (χ1v) is 6.45. The second-order valence-corrected chi connectivity index (χ2v) is 5.42. The lowest BCUT2D eigenvalue weighted by molar-refractivity contribution is 0.342. The highest BCUT2D eigenvalue weighted by molar-refractivity contribution is 7.52. The number of nitrogens with one attached hydrogen (secondary N) is 1. The molecule has 0 aliphatic carbocycles. The summed E-state index contributed by atoms with van der Waals surface area (Å²) in [4.78, 5) is 18.5. The molecule has 0 aromatic heterocycles. The van der Waals surface area contributed by atoms with Crippen molar-refractivity contribution in [3.8, 4) is 0 Å². The van der Waals surface area contributed by atoms with Crippen molar-refractivity contribution < 1.29 is 14.4 Å². The first-order chi connectivity index (χ1) is 6.91. The lowest BCUT2D eigenvalue weighted by Gasteiger charge is -2.22. The van der Waals surface area contributed by atoms with Gasteiger partial charge in [-0.2, -0.15) is 0 Å². The minimum absolute atomic E-state index is 0.0165. The van der Waals surface area contributed by atoms with Crippen molar-refractivity contribution in [2.75, 3.05) is 0 Å². The van der Waals surface area contributed by atoms with Crippen molar-refractivity contribution in [1.29, 1.82) is 0 Å². The second kappa shape index (κ2) is 4.90. The molecule has 0 amide bonds. The molecule has 15 heavy (non-hydrogen) atoms. The van der Waals surface area contributed by atoms with Gasteiger partial charge >= 0.3 is 7.60 Å². The van der Waals surface area contributed by atoms with Crippen molar-refractivity contribution in [3.63, 3.8) is 0 Å². The fourth-order valence-corrected chi connectivity index (χ4v) is 2.39. The van der Waals surface area contributed by atoms with E-state index in [-0.39, 0.29) is 6.04 Å². The third-order valence-electron chi connectivity index (χ3n) is 1.94. The zero-order valence-corrected chi connectivity index (χ0v) is 9.69. The van der Waals surface area contributed by atoms with Crippen LogP contribution < -0.4 is 5.32 Å². The van der Waals surface area contributed by atoms with E-state index in [4.69, 9.17) is 0 Å². The van der Waals surface area contributed by atoms with Gasteiger partial charge in [-0.25, -0.2) is 0 Å². The number of hydrogen-bond donors (Lipinski definition) is 3. The van der Waals surface area contributed by atoms with E-state index in [2.05, 4.69) is 5.32 Å². The normalized spacial score (nSPS) is 14.2. The first kappa shape index (κ1) is 12.4. The van der Waals surface area contributed by atoms with Crippen LogP contribution in [-0.2, 0) is 4.57 Å². The zero-order valence-electron chi connectivity index (χ0n) is 8.79. The van der Waals surface area contributed by atoms with Gasteiger partial charge < -0.3 is 9.79 Å². The molecule has 84 valence electrons. The molecule has 0 aliphatic rings. The summed E-state index contributed by atoms with van der Waals surface area (Å²) in [6.45, 7) is 3.71. The van der Waals surface area contributed by atoms with E-state index in [0.717, 1.165) is 0 Å². The highest BCUT2D eigenvalue weighted by Gasteiger charge is 2.30. The van der Waals surface area contributed by atoms with Crippen LogP contribution in [0, 0.1) is 0 Å². The van der Waals surface area contributed by atoms with Crippen LogP contribution in [0.4, 0.5) is 0 Å². The molecular weight excluding hydrogens is 213 g/mol. The van der Waals surface area contributed by atoms with Crippen molar-refractivity contribution in [1.82, 2.24) is 5.32 Å². The summed E-state index contributed by atoms with van der Waals surface area (Å²) in [6, 6.07) is 8.77. The Hall–Kier alpha value is -0.670. The van der Waals surface area contributed by atoms with E-state index < -0.39 is 13.4 Å². The van der Waals surface area contributed by atoms with Crippen LogP contribution in [0.15, 0.2) is 30.3 Å². The van der Waals surface area contributed by atoms with Gasteiger partial charge in [0.25, 0.3) is 0 Å². The van der Waals surface area contributed by atoms with Gasteiger partial charge in [-0.15, -0.1) is 0 Å². The molecule has 0 aliphatic heterocycles. The topological polar surface area (TPSA) is 69.6 Å². The summed E-state index contributed by atoms with van der Waals surface area (Å²) in [5, 5.41) is 2.87. The Balaban J connectivity index is 2.97. The Morgan fingerprint density at radius 1 is 1.20 bits per heavy atom. The average Bonchev–Trinajstić information content (AvgIpc) is 2.14. The van der Waals surface area contributed by atoms with Gasteiger partial charge in [0.2, 0.25) is 0 Å². The van der Waals surface area contributed by atoms with E-state index in [1.807, 2.05) is 19.9 Å². The quantitative estimate of drug-likeness (QED) is 0.689. The third-order valence-corrected chi connectivity index (χ3v) is 3.06. The molecule has 0 unspecified atom stereocenters. The molecule has 5 heteroatoms. The van der Waals surface area contributed by atoms with E-state index in [1.165, 1.54) is 0 Å². The van der Waals surface area contributed by atoms with E-state index in [0.29, 0.717) is 5.56 Å². The van der Waals surface area contributed by atoms with Crippen molar-refractivity contribution in [3.05, 3.63) is 35.9 Å². The first-order valence-electron chi connectivity index (χ1n) is 4.77. The number of rotatable bonds is 4. The van der Waals surface area contributed by atoms with Gasteiger partial charge in [-0.05, 0) is 19.4 Å². The zero-order chi connectivity index (χ0) is 11.5. The molecule has 0 saturated heterocycles. The van der Waals surface area contributed by atoms with Gasteiger partial charge in [0, 0.05) is 6.04 Å². The molecule has 0 heterocycles. The standard InChI is InChI=1S/C10H16NO3P/c1-8(2)11-10(15(12,13)14)9-6-4-3-5-7-9/h3-8,10-11H,1-2H3,(H2,12,13,14)/t10-/m1/s1. The van der Waals surface area contributed by atoms with Crippen molar-refractivity contribution >= 4 is 7.60 Å². The summed E-state index contributed by atoms with van der Waals surface area (Å²) < 4.78 is 11.3. The third kappa shape index (κ3) is 3.76. The Morgan fingerprint density at radius 2 is 1.73 bits per heavy atom. The summed E-state index contributed by atoms with van der Waals surface area (Å²) in [6.07, 6.45) is 0. The fraction of sp³-hybridized carbons (Fsp3) is 0.400. The van der Waals surface area contributed by atoms with Crippen LogP contribution >= 0.6 is 7.60 Å². The van der Waals surface area contributed by atoms with E-state index in [1.54, 1.807) is 24.3 Å². The maximum Gasteiger partial charge on any atom is 0.346 e. The summed E-state index contributed by atoms with van der Waals surface area (Å²) >= 11 is 0. The Bertz CT molecular complexity index is 347. The number of hydrogen-bond acceptors (Lipinski definition) is 2. The van der Waals surface area contributed by atoms with Gasteiger partial charge in [-0.3, -0.25) is 9.88 Å². The maximum absolute atomic E-state index is 11.3. The highest BCUT2D eigenvalue weighted by atomic mass is 31.2. The van der Waals surface area contributed by atoms with E-state index in [9.17, 15) is 14.4 Å². The van der Waals surface area contributed by atoms with Crippen LogP contribution in [0.5, 0.6) is 0 Å². The van der Waals surface area contributed by atoms with Crippen LogP contribution in [0.1, 0.15) is 25.2 Å². The lowest BCUT2D eigenvalue weighted by Crippen LogP contribution is -2.28. The SMILES string of the molecule is CC(C)N[C@@H](c1ccccc1)P(=O)(O)O. The van der Waals surface area contributed by atoms with Crippen LogP contribution in [0.3, 0.4) is 0 Å². The Kier molecular flexibility index (Phi) is 4.05. The summed E-state index contributed by atoms with van der Waals surface area (Å²) in [7, 11) is -4.16. The molecule has 0 fully saturated rings. The van der Waals surface area contributed by atoms with Gasteiger partial charge in [0.1, 0.15) is 5.78 Å². The molecular formula is C10H16NO3P. The minimum atomic E-state index is -4.16. The van der Waals surface area contributed by atoms with Crippen molar-refractivity contribution in [2.24, 2.45) is 0 Å². The molecule has 4 nitrogen and oxygen atoms in total. The van der Waals surface area contributed by atoms with Crippen LogP contribution in [0.25, 0.3) is 0 Å². The largest absolute Gasteiger partial charge is 0.346 e. The Labute approximate surface area is 89.5 Å². The lowest BCUT2D eigenvalue weighted by atomic mass is 10.2. The predicted molar refractivity (Wildman–Crippen MR) is 59.5 cm³/mol. The molecule has 1 rings (SSSR count). The molecule has 1 atom stereocenters. The maximum atomic E-state index is 11.3. The van der Waals surface area contributed by atoms with Gasteiger partial charge in [0.05, 0.1) is 0 Å². The molecule has 0 bridgehead atoms. The minimum Gasteiger partial charge on any atom is -0.323 e. The van der Waals surface area contributed by atoms with Gasteiger partial charge in [0.15, 0.2) is 0 Å².